The number of phenols is 1. The monoisotopic (exact) mass is 362 g/mol. The summed E-state index contributed by atoms with van der Waals surface area (Å²) in [5.74, 6) is 1.03. The lowest BCUT2D eigenvalue weighted by Crippen LogP contribution is -2.17. The summed E-state index contributed by atoms with van der Waals surface area (Å²) < 4.78 is 11.3. The Morgan fingerprint density at radius 1 is 1.23 bits per heavy atom. The van der Waals surface area contributed by atoms with Gasteiger partial charge in [-0.25, -0.2) is 5.43 Å². The van der Waals surface area contributed by atoms with Crippen LogP contribution in [0.4, 0.5) is 0 Å². The molecule has 0 saturated heterocycles. The molecular formula is C15H11BrN2O4. The van der Waals surface area contributed by atoms with Crippen LogP contribution in [0.15, 0.2) is 46.0 Å². The molecule has 112 valence electrons. The molecule has 0 spiro atoms. The molecule has 0 atom stereocenters. The first-order chi connectivity index (χ1) is 10.6. The van der Waals surface area contributed by atoms with Crippen LogP contribution in [0.1, 0.15) is 15.9 Å². The van der Waals surface area contributed by atoms with E-state index < -0.39 is 0 Å². The molecule has 2 N–H and O–H groups in total. The summed E-state index contributed by atoms with van der Waals surface area (Å²) in [6.07, 6.45) is 1.50. The van der Waals surface area contributed by atoms with E-state index in [1.807, 2.05) is 0 Å². The highest BCUT2D eigenvalue weighted by molar-refractivity contribution is 9.10. The molecule has 1 amide bonds. The van der Waals surface area contributed by atoms with Gasteiger partial charge in [0, 0.05) is 15.6 Å². The second-order valence-corrected chi connectivity index (χ2v) is 5.33. The number of phenolic OH excluding ortho intramolecular Hbond substituents is 1. The highest BCUT2D eigenvalue weighted by atomic mass is 79.9. The third kappa shape index (κ3) is 3.04. The van der Waals surface area contributed by atoms with Crippen LogP contribution >= 0.6 is 15.9 Å². The molecular weight excluding hydrogens is 352 g/mol. The first kappa shape index (κ1) is 14.4. The van der Waals surface area contributed by atoms with Crippen molar-refractivity contribution in [2.24, 2.45) is 5.10 Å². The average Bonchev–Trinajstić information content (AvgIpc) is 2.95. The van der Waals surface area contributed by atoms with Gasteiger partial charge in [0.1, 0.15) is 5.75 Å². The van der Waals surface area contributed by atoms with E-state index in [2.05, 4.69) is 26.5 Å². The Kier molecular flexibility index (Phi) is 3.97. The highest BCUT2D eigenvalue weighted by Gasteiger charge is 2.15. The number of aromatic hydroxyl groups is 1. The summed E-state index contributed by atoms with van der Waals surface area (Å²) in [6.45, 7) is 0.194. The summed E-state index contributed by atoms with van der Waals surface area (Å²) in [4.78, 5) is 11.9. The van der Waals surface area contributed by atoms with Gasteiger partial charge in [0.25, 0.3) is 5.91 Å². The van der Waals surface area contributed by atoms with Crippen LogP contribution < -0.4 is 14.9 Å². The maximum Gasteiger partial charge on any atom is 0.271 e. The van der Waals surface area contributed by atoms with E-state index in [0.717, 1.165) is 10.0 Å². The molecule has 0 aromatic heterocycles. The number of carbonyl (C=O) groups is 1. The largest absolute Gasteiger partial charge is 0.508 e. The number of benzene rings is 2. The number of hydrogen-bond donors (Lipinski definition) is 2. The van der Waals surface area contributed by atoms with Crippen LogP contribution in [0.3, 0.4) is 0 Å². The SMILES string of the molecule is O=C(NN=Cc1cc2c(cc1Br)OCO2)c1ccc(O)cc1. The van der Waals surface area contributed by atoms with Gasteiger partial charge in [-0.3, -0.25) is 4.79 Å². The molecule has 1 heterocycles. The van der Waals surface area contributed by atoms with Gasteiger partial charge in [-0.1, -0.05) is 0 Å². The maximum absolute atomic E-state index is 11.9. The van der Waals surface area contributed by atoms with Gasteiger partial charge in [0.15, 0.2) is 11.5 Å². The number of rotatable bonds is 3. The number of halogens is 1. The van der Waals surface area contributed by atoms with Crippen molar-refractivity contribution in [1.82, 2.24) is 5.43 Å². The predicted molar refractivity (Wildman–Crippen MR) is 83.4 cm³/mol. The third-order valence-corrected chi connectivity index (χ3v) is 3.68. The number of ether oxygens (including phenoxy) is 2. The minimum Gasteiger partial charge on any atom is -0.508 e. The fraction of sp³-hybridized carbons (Fsp3) is 0.0667. The molecule has 1 aliphatic heterocycles. The highest BCUT2D eigenvalue weighted by Crippen LogP contribution is 2.36. The van der Waals surface area contributed by atoms with Crippen molar-refractivity contribution in [2.45, 2.75) is 0 Å². The van der Waals surface area contributed by atoms with E-state index in [4.69, 9.17) is 9.47 Å². The molecule has 6 nitrogen and oxygen atoms in total. The number of hydrazone groups is 1. The molecule has 3 rings (SSSR count). The molecule has 2 aromatic rings. The fourth-order valence-corrected chi connectivity index (χ4v) is 2.29. The summed E-state index contributed by atoms with van der Waals surface area (Å²) in [5.41, 5.74) is 3.57. The minimum absolute atomic E-state index is 0.101. The maximum atomic E-state index is 11.9. The van der Waals surface area contributed by atoms with Crippen LogP contribution in [0.5, 0.6) is 17.2 Å². The summed E-state index contributed by atoms with van der Waals surface area (Å²) >= 11 is 3.40. The van der Waals surface area contributed by atoms with E-state index in [0.29, 0.717) is 17.1 Å². The number of hydrogen-bond acceptors (Lipinski definition) is 5. The van der Waals surface area contributed by atoms with Crippen molar-refractivity contribution in [2.75, 3.05) is 6.79 Å². The van der Waals surface area contributed by atoms with E-state index in [1.54, 1.807) is 12.1 Å². The lowest BCUT2D eigenvalue weighted by atomic mass is 10.2. The van der Waals surface area contributed by atoms with Crippen LogP contribution in [0.25, 0.3) is 0 Å². The van der Waals surface area contributed by atoms with Gasteiger partial charge in [-0.05, 0) is 52.3 Å². The topological polar surface area (TPSA) is 80.2 Å². The standard InChI is InChI=1S/C15H11BrN2O4/c16-12-6-14-13(21-8-22-14)5-10(12)7-17-18-15(20)9-1-3-11(19)4-2-9/h1-7,19H,8H2,(H,18,20). The van der Waals surface area contributed by atoms with Gasteiger partial charge in [0.2, 0.25) is 6.79 Å². The van der Waals surface area contributed by atoms with Gasteiger partial charge in [-0.15, -0.1) is 0 Å². The predicted octanol–water partition coefficient (Wildman–Crippen LogP) is 2.65. The number of nitrogens with zero attached hydrogens (tertiary/aromatic N) is 1. The normalized spacial score (nSPS) is 12.6. The van der Waals surface area contributed by atoms with Crippen molar-refractivity contribution in [3.05, 3.63) is 52.0 Å². The van der Waals surface area contributed by atoms with E-state index in [-0.39, 0.29) is 18.4 Å². The Morgan fingerprint density at radius 3 is 2.64 bits per heavy atom. The molecule has 0 radical (unpaired) electrons. The first-order valence-corrected chi connectivity index (χ1v) is 7.14. The molecule has 0 aliphatic carbocycles. The van der Waals surface area contributed by atoms with E-state index in [9.17, 15) is 9.90 Å². The second-order valence-electron chi connectivity index (χ2n) is 4.47. The van der Waals surface area contributed by atoms with Crippen molar-refractivity contribution in [3.8, 4) is 17.2 Å². The van der Waals surface area contributed by atoms with Crippen LogP contribution in [0.2, 0.25) is 0 Å². The fourth-order valence-electron chi connectivity index (χ4n) is 1.87. The lowest BCUT2D eigenvalue weighted by molar-refractivity contribution is 0.0955. The zero-order chi connectivity index (χ0) is 15.5. The smallest absolute Gasteiger partial charge is 0.271 e. The third-order valence-electron chi connectivity index (χ3n) is 2.99. The lowest BCUT2D eigenvalue weighted by Gasteiger charge is -2.02. The van der Waals surface area contributed by atoms with E-state index in [1.165, 1.54) is 30.5 Å². The zero-order valence-electron chi connectivity index (χ0n) is 11.2. The Labute approximate surface area is 134 Å². The average molecular weight is 363 g/mol. The quantitative estimate of drug-likeness (QED) is 0.649. The Morgan fingerprint density at radius 2 is 1.91 bits per heavy atom. The minimum atomic E-state index is -0.367. The molecule has 7 heteroatoms. The molecule has 22 heavy (non-hydrogen) atoms. The van der Waals surface area contributed by atoms with Crippen molar-refractivity contribution in [1.29, 1.82) is 0 Å². The number of fused-ring (bicyclic) bond motifs is 1. The molecule has 1 aliphatic rings. The molecule has 2 aromatic carbocycles. The number of nitrogens with one attached hydrogen (secondary N) is 1. The van der Waals surface area contributed by atoms with Gasteiger partial charge >= 0.3 is 0 Å². The van der Waals surface area contributed by atoms with Gasteiger partial charge < -0.3 is 14.6 Å². The first-order valence-electron chi connectivity index (χ1n) is 6.35. The molecule has 0 unspecified atom stereocenters. The van der Waals surface area contributed by atoms with Crippen molar-refractivity contribution < 1.29 is 19.4 Å². The Hall–Kier alpha value is -2.54. The van der Waals surface area contributed by atoms with Crippen LogP contribution in [0, 0.1) is 0 Å². The molecule has 0 bridgehead atoms. The zero-order valence-corrected chi connectivity index (χ0v) is 12.8. The Balaban J connectivity index is 1.70. The van der Waals surface area contributed by atoms with Crippen molar-refractivity contribution in [3.63, 3.8) is 0 Å². The van der Waals surface area contributed by atoms with E-state index >= 15 is 0 Å². The van der Waals surface area contributed by atoms with Crippen molar-refractivity contribution >= 4 is 28.1 Å². The summed E-state index contributed by atoms with van der Waals surface area (Å²) in [7, 11) is 0. The van der Waals surface area contributed by atoms with Crippen LogP contribution in [-0.4, -0.2) is 24.0 Å². The summed E-state index contributed by atoms with van der Waals surface area (Å²) in [6, 6.07) is 9.45. The molecule has 0 saturated carbocycles. The van der Waals surface area contributed by atoms with Gasteiger partial charge in [-0.2, -0.15) is 5.10 Å². The summed E-state index contributed by atoms with van der Waals surface area (Å²) in [5, 5.41) is 13.1. The molecule has 0 fully saturated rings. The second kappa shape index (κ2) is 6.07. The van der Waals surface area contributed by atoms with Crippen LogP contribution in [-0.2, 0) is 0 Å². The van der Waals surface area contributed by atoms with Gasteiger partial charge in [0.05, 0.1) is 6.21 Å². The number of carbonyl (C=O) groups excluding carboxylic acids is 1. The Bertz CT molecular complexity index is 744. The number of amides is 1.